The Hall–Kier alpha value is -1.38. The van der Waals surface area contributed by atoms with Gasteiger partial charge in [0.05, 0.1) is 0 Å². The van der Waals surface area contributed by atoms with Gasteiger partial charge in [0, 0.05) is 20.3 Å². The van der Waals surface area contributed by atoms with Crippen LogP contribution in [0.3, 0.4) is 0 Å². The van der Waals surface area contributed by atoms with Gasteiger partial charge in [-0.15, -0.1) is 0 Å². The maximum absolute atomic E-state index is 12.0. The fourth-order valence-electron chi connectivity index (χ4n) is 1.91. The molecule has 7 nitrogen and oxygen atoms in total. The summed E-state index contributed by atoms with van der Waals surface area (Å²) in [5.74, 6) is -1.70. The van der Waals surface area contributed by atoms with E-state index in [4.69, 9.17) is 14.3 Å². The van der Waals surface area contributed by atoms with E-state index in [0.717, 1.165) is 31.4 Å². The summed E-state index contributed by atoms with van der Waals surface area (Å²) in [6, 6.07) is 2.26. The highest BCUT2D eigenvalue weighted by Crippen LogP contribution is 2.48. The van der Waals surface area contributed by atoms with Crippen LogP contribution >= 0.6 is 0 Å². The average molecular weight is 303 g/mol. The molecular weight excluding hydrogens is 286 g/mol. The quantitative estimate of drug-likeness (QED) is 0.744. The number of carboxylic acid groups (broad SMARTS) is 1. The lowest BCUT2D eigenvalue weighted by atomic mass is 10.0. The molecule has 0 unspecified atom stereocenters. The van der Waals surface area contributed by atoms with E-state index in [9.17, 15) is 13.2 Å². The van der Waals surface area contributed by atoms with Crippen LogP contribution in [0.25, 0.3) is 0 Å². The fourth-order valence-corrected chi connectivity index (χ4v) is 2.99. The van der Waals surface area contributed by atoms with Crippen molar-refractivity contribution < 1.29 is 27.5 Å². The number of ether oxygens (including phenoxy) is 1. The summed E-state index contributed by atoms with van der Waals surface area (Å²) in [6.07, 6.45) is 2.71. The number of carbonyl (C=O) groups is 1. The second-order valence-corrected chi connectivity index (χ2v) is 6.69. The molecule has 0 aromatic carbocycles. The molecule has 0 bridgehead atoms. The summed E-state index contributed by atoms with van der Waals surface area (Å²) in [6.45, 7) is 0.896. The van der Waals surface area contributed by atoms with Gasteiger partial charge in [-0.05, 0) is 36.8 Å². The van der Waals surface area contributed by atoms with Crippen LogP contribution in [-0.4, -0.2) is 39.8 Å². The van der Waals surface area contributed by atoms with Gasteiger partial charge in [0.15, 0.2) is 0 Å². The molecule has 1 aliphatic rings. The lowest BCUT2D eigenvalue weighted by Crippen LogP contribution is -2.30. The molecule has 20 heavy (non-hydrogen) atoms. The largest absolute Gasteiger partial charge is 0.475 e. The molecule has 0 amide bonds. The van der Waals surface area contributed by atoms with Crippen LogP contribution in [0.4, 0.5) is 0 Å². The van der Waals surface area contributed by atoms with Gasteiger partial charge in [-0.25, -0.2) is 17.9 Å². The second kappa shape index (κ2) is 5.55. The Kier molecular flexibility index (Phi) is 4.17. The van der Waals surface area contributed by atoms with Crippen LogP contribution < -0.4 is 4.72 Å². The van der Waals surface area contributed by atoms with Crippen molar-refractivity contribution >= 4 is 16.0 Å². The number of methoxy groups -OCH3 is 1. The molecule has 1 heterocycles. The molecule has 0 atom stereocenters. The van der Waals surface area contributed by atoms with Gasteiger partial charge in [0.2, 0.25) is 10.9 Å². The van der Waals surface area contributed by atoms with Crippen molar-refractivity contribution in [2.24, 2.45) is 5.41 Å². The molecule has 1 saturated carbocycles. The summed E-state index contributed by atoms with van der Waals surface area (Å²) in [4.78, 5) is 10.7. The van der Waals surface area contributed by atoms with Crippen molar-refractivity contribution in [1.82, 2.24) is 4.72 Å². The minimum absolute atomic E-state index is 0.0364. The van der Waals surface area contributed by atoms with Gasteiger partial charge in [-0.2, -0.15) is 0 Å². The Labute approximate surface area is 117 Å². The number of carboxylic acids is 1. The molecule has 1 aromatic heterocycles. The highest BCUT2D eigenvalue weighted by Gasteiger charge is 2.42. The standard InChI is InChI=1S/C12H17NO6S/c1-18-7-6-12(4-5-12)8-13-20(16,17)10-3-2-9(19-10)11(14)15/h2-3,13H,4-8H2,1H3,(H,14,15). The minimum atomic E-state index is -3.81. The first kappa shape index (κ1) is 15.0. The highest BCUT2D eigenvalue weighted by atomic mass is 32.2. The van der Waals surface area contributed by atoms with E-state index in [2.05, 4.69) is 4.72 Å². The Morgan fingerprint density at radius 2 is 2.20 bits per heavy atom. The molecular formula is C12H17NO6S. The monoisotopic (exact) mass is 303 g/mol. The maximum Gasteiger partial charge on any atom is 0.371 e. The predicted molar refractivity (Wildman–Crippen MR) is 69.0 cm³/mol. The number of aromatic carboxylic acids is 1. The van der Waals surface area contributed by atoms with Crippen LogP contribution in [0.5, 0.6) is 0 Å². The molecule has 8 heteroatoms. The maximum atomic E-state index is 12.0. The molecule has 0 aliphatic heterocycles. The van der Waals surface area contributed by atoms with Crippen molar-refractivity contribution in [3.05, 3.63) is 17.9 Å². The van der Waals surface area contributed by atoms with E-state index in [1.165, 1.54) is 0 Å². The van der Waals surface area contributed by atoms with E-state index in [1.807, 2.05) is 0 Å². The van der Waals surface area contributed by atoms with Gasteiger partial charge < -0.3 is 14.3 Å². The van der Waals surface area contributed by atoms with Crippen molar-refractivity contribution in [3.8, 4) is 0 Å². The Morgan fingerprint density at radius 1 is 1.50 bits per heavy atom. The molecule has 1 aliphatic carbocycles. The Morgan fingerprint density at radius 3 is 2.70 bits per heavy atom. The van der Waals surface area contributed by atoms with Crippen molar-refractivity contribution in [2.45, 2.75) is 24.4 Å². The fraction of sp³-hybridized carbons (Fsp3) is 0.583. The average Bonchev–Trinajstić information content (AvgIpc) is 2.97. The highest BCUT2D eigenvalue weighted by molar-refractivity contribution is 7.89. The summed E-state index contributed by atoms with van der Waals surface area (Å²) < 4.78 is 36.2. The number of rotatable bonds is 8. The third-order valence-corrected chi connectivity index (χ3v) is 4.76. The smallest absolute Gasteiger partial charge is 0.371 e. The first-order valence-corrected chi connectivity index (χ1v) is 7.69. The third-order valence-electron chi connectivity index (χ3n) is 3.49. The van der Waals surface area contributed by atoms with E-state index in [-0.39, 0.29) is 10.5 Å². The van der Waals surface area contributed by atoms with Crippen molar-refractivity contribution in [1.29, 1.82) is 0 Å². The van der Waals surface area contributed by atoms with Gasteiger partial charge in [-0.3, -0.25) is 0 Å². The lowest BCUT2D eigenvalue weighted by Gasteiger charge is -2.14. The molecule has 112 valence electrons. The van der Waals surface area contributed by atoms with Crippen molar-refractivity contribution in [2.75, 3.05) is 20.3 Å². The van der Waals surface area contributed by atoms with Gasteiger partial charge >= 0.3 is 5.97 Å². The normalized spacial score (nSPS) is 17.1. The van der Waals surface area contributed by atoms with Crippen LogP contribution in [0, 0.1) is 5.41 Å². The molecule has 0 spiro atoms. The van der Waals surface area contributed by atoms with E-state index >= 15 is 0 Å². The number of hydrogen-bond donors (Lipinski definition) is 2. The second-order valence-electron chi connectivity index (χ2n) is 4.99. The predicted octanol–water partition coefficient (Wildman–Crippen LogP) is 1.07. The van der Waals surface area contributed by atoms with E-state index in [1.54, 1.807) is 7.11 Å². The molecule has 2 N–H and O–H groups in total. The van der Waals surface area contributed by atoms with Gasteiger partial charge in [0.1, 0.15) is 0 Å². The first-order chi connectivity index (χ1) is 9.38. The zero-order valence-corrected chi connectivity index (χ0v) is 11.9. The molecule has 2 rings (SSSR count). The molecule has 0 radical (unpaired) electrons. The summed E-state index contributed by atoms with van der Waals surface area (Å²) >= 11 is 0. The van der Waals surface area contributed by atoms with Crippen LogP contribution in [0.2, 0.25) is 0 Å². The molecule has 0 saturated heterocycles. The van der Waals surface area contributed by atoms with Gasteiger partial charge in [-0.1, -0.05) is 0 Å². The topological polar surface area (TPSA) is 106 Å². The van der Waals surface area contributed by atoms with Crippen LogP contribution in [0.1, 0.15) is 29.8 Å². The summed E-state index contributed by atoms with van der Waals surface area (Å²) in [7, 11) is -2.20. The summed E-state index contributed by atoms with van der Waals surface area (Å²) in [5, 5.41) is 8.33. The van der Waals surface area contributed by atoms with Gasteiger partial charge in [0.25, 0.3) is 10.0 Å². The van der Waals surface area contributed by atoms with E-state index in [0.29, 0.717) is 13.2 Å². The Bertz CT molecular complexity index is 587. The SMILES string of the molecule is COCCC1(CNS(=O)(=O)c2ccc(C(=O)O)o2)CC1. The summed E-state index contributed by atoms with van der Waals surface area (Å²) in [5.41, 5.74) is -0.0364. The number of hydrogen-bond acceptors (Lipinski definition) is 5. The lowest BCUT2D eigenvalue weighted by molar-refractivity contribution is 0.0656. The number of furan rings is 1. The van der Waals surface area contributed by atoms with Crippen LogP contribution in [0.15, 0.2) is 21.6 Å². The minimum Gasteiger partial charge on any atom is -0.475 e. The van der Waals surface area contributed by atoms with Crippen molar-refractivity contribution in [3.63, 3.8) is 0 Å². The Balaban J connectivity index is 1.98. The number of nitrogens with one attached hydrogen (secondary N) is 1. The molecule has 1 aromatic rings. The first-order valence-electron chi connectivity index (χ1n) is 6.20. The number of sulfonamides is 1. The molecule has 1 fully saturated rings. The van der Waals surface area contributed by atoms with Crippen LogP contribution in [-0.2, 0) is 14.8 Å². The zero-order chi connectivity index (χ0) is 14.8. The zero-order valence-electron chi connectivity index (χ0n) is 11.1. The van der Waals surface area contributed by atoms with E-state index < -0.39 is 21.8 Å². The third kappa shape index (κ3) is 3.38.